The van der Waals surface area contributed by atoms with E-state index in [4.69, 9.17) is 4.74 Å². The summed E-state index contributed by atoms with van der Waals surface area (Å²) >= 11 is 0. The number of aromatic nitrogens is 1. The van der Waals surface area contributed by atoms with Gasteiger partial charge in [0.05, 0.1) is 0 Å². The molecular formula is C20H24N2O2. The third-order valence-corrected chi connectivity index (χ3v) is 4.57. The molecule has 0 radical (unpaired) electrons. The molecule has 24 heavy (non-hydrogen) atoms. The Morgan fingerprint density at radius 2 is 2.21 bits per heavy atom. The normalized spacial score (nSPS) is 18.3. The molecule has 1 fully saturated rings. The number of hydrogen-bond donors (Lipinski definition) is 0. The summed E-state index contributed by atoms with van der Waals surface area (Å²) in [6, 6.07) is 12.0. The van der Waals surface area contributed by atoms with Crippen LogP contribution in [0.2, 0.25) is 0 Å². The summed E-state index contributed by atoms with van der Waals surface area (Å²) in [5, 5.41) is 0. The average molecular weight is 324 g/mol. The van der Waals surface area contributed by atoms with Crippen molar-refractivity contribution in [2.24, 2.45) is 0 Å². The molecule has 1 aromatic carbocycles. The Labute approximate surface area is 143 Å². The second kappa shape index (κ2) is 8.06. The summed E-state index contributed by atoms with van der Waals surface area (Å²) in [4.78, 5) is 18.2. The number of carbonyl (C=O) groups is 1. The Balaban J connectivity index is 1.58. The second-order valence-electron chi connectivity index (χ2n) is 6.27. The number of hydrogen-bond acceptors (Lipinski definition) is 4. The number of Topliss-reactive ketones (excluding diaryl/α,β-unsaturated/α-hetero) is 1. The number of ether oxygens (including phenoxy) is 1. The number of pyridine rings is 1. The van der Waals surface area contributed by atoms with Crippen LogP contribution in [0.25, 0.3) is 0 Å². The zero-order chi connectivity index (χ0) is 16.8. The summed E-state index contributed by atoms with van der Waals surface area (Å²) < 4.78 is 5.87. The fourth-order valence-corrected chi connectivity index (χ4v) is 3.29. The van der Waals surface area contributed by atoms with Crippen molar-refractivity contribution >= 4 is 5.78 Å². The van der Waals surface area contributed by atoms with Crippen molar-refractivity contribution in [3.05, 3.63) is 59.9 Å². The van der Waals surface area contributed by atoms with Gasteiger partial charge in [0.15, 0.2) is 5.78 Å². The molecule has 0 spiro atoms. The first-order chi connectivity index (χ1) is 11.7. The van der Waals surface area contributed by atoms with Gasteiger partial charge in [-0.3, -0.25) is 14.7 Å². The van der Waals surface area contributed by atoms with Crippen LogP contribution in [0, 0.1) is 0 Å². The summed E-state index contributed by atoms with van der Waals surface area (Å²) in [6.45, 7) is 4.17. The van der Waals surface area contributed by atoms with Crippen LogP contribution in [0.3, 0.4) is 0 Å². The van der Waals surface area contributed by atoms with Crippen LogP contribution in [-0.2, 0) is 0 Å². The highest BCUT2D eigenvalue weighted by Gasteiger charge is 2.23. The predicted octanol–water partition coefficient (Wildman–Crippen LogP) is 3.89. The van der Waals surface area contributed by atoms with Gasteiger partial charge < -0.3 is 4.74 Å². The minimum Gasteiger partial charge on any atom is -0.492 e. The number of piperidine rings is 1. The Morgan fingerprint density at radius 3 is 3.00 bits per heavy atom. The van der Waals surface area contributed by atoms with Crippen LogP contribution >= 0.6 is 0 Å². The van der Waals surface area contributed by atoms with Gasteiger partial charge in [0.2, 0.25) is 0 Å². The predicted molar refractivity (Wildman–Crippen MR) is 94.3 cm³/mol. The van der Waals surface area contributed by atoms with Crippen LogP contribution in [0.1, 0.15) is 48.1 Å². The number of nitrogens with zero attached hydrogens (tertiary/aromatic N) is 2. The molecular weight excluding hydrogens is 300 g/mol. The Bertz CT molecular complexity index is 672. The highest BCUT2D eigenvalue weighted by atomic mass is 16.5. The van der Waals surface area contributed by atoms with E-state index in [0.29, 0.717) is 18.2 Å². The molecule has 0 amide bonds. The first-order valence-electron chi connectivity index (χ1n) is 8.62. The largest absolute Gasteiger partial charge is 0.492 e. The van der Waals surface area contributed by atoms with E-state index < -0.39 is 0 Å². The van der Waals surface area contributed by atoms with E-state index >= 15 is 0 Å². The van der Waals surface area contributed by atoms with Gasteiger partial charge in [0.1, 0.15) is 12.4 Å². The molecule has 0 aliphatic carbocycles. The molecule has 1 saturated heterocycles. The molecule has 2 aromatic rings. The first-order valence-corrected chi connectivity index (χ1v) is 8.62. The fraction of sp³-hybridized carbons (Fsp3) is 0.400. The highest BCUT2D eigenvalue weighted by molar-refractivity contribution is 5.94. The van der Waals surface area contributed by atoms with E-state index in [1.165, 1.54) is 24.8 Å². The zero-order valence-electron chi connectivity index (χ0n) is 14.1. The second-order valence-corrected chi connectivity index (χ2v) is 6.27. The molecule has 3 rings (SSSR count). The maximum absolute atomic E-state index is 11.4. The van der Waals surface area contributed by atoms with Crippen LogP contribution in [0.15, 0.2) is 48.8 Å². The first kappa shape index (κ1) is 16.7. The molecule has 4 heteroatoms. The van der Waals surface area contributed by atoms with Gasteiger partial charge in [0.25, 0.3) is 0 Å². The fourth-order valence-electron chi connectivity index (χ4n) is 3.29. The van der Waals surface area contributed by atoms with Gasteiger partial charge in [0, 0.05) is 30.5 Å². The smallest absolute Gasteiger partial charge is 0.159 e. The Morgan fingerprint density at radius 1 is 1.29 bits per heavy atom. The van der Waals surface area contributed by atoms with Gasteiger partial charge in [-0.2, -0.15) is 0 Å². The van der Waals surface area contributed by atoms with Gasteiger partial charge >= 0.3 is 0 Å². The van der Waals surface area contributed by atoms with Crippen LogP contribution in [0.5, 0.6) is 5.75 Å². The van der Waals surface area contributed by atoms with Crippen molar-refractivity contribution in [3.8, 4) is 5.75 Å². The van der Waals surface area contributed by atoms with E-state index in [2.05, 4.69) is 16.0 Å². The molecule has 1 aromatic heterocycles. The maximum atomic E-state index is 11.4. The quantitative estimate of drug-likeness (QED) is 0.756. The minimum atomic E-state index is 0.0631. The van der Waals surface area contributed by atoms with Gasteiger partial charge in [-0.25, -0.2) is 0 Å². The molecule has 0 N–H and O–H groups in total. The van der Waals surface area contributed by atoms with E-state index in [0.717, 1.165) is 18.8 Å². The molecule has 2 heterocycles. The molecule has 1 atom stereocenters. The lowest BCUT2D eigenvalue weighted by atomic mass is 9.96. The van der Waals surface area contributed by atoms with Crippen molar-refractivity contribution in [1.82, 2.24) is 9.88 Å². The lowest BCUT2D eigenvalue weighted by molar-refractivity contribution is 0.101. The third-order valence-electron chi connectivity index (χ3n) is 4.57. The Kier molecular flexibility index (Phi) is 5.59. The summed E-state index contributed by atoms with van der Waals surface area (Å²) in [7, 11) is 0. The summed E-state index contributed by atoms with van der Waals surface area (Å²) in [6.07, 6.45) is 7.46. The average Bonchev–Trinajstić information content (AvgIpc) is 2.63. The maximum Gasteiger partial charge on any atom is 0.159 e. The van der Waals surface area contributed by atoms with Crippen molar-refractivity contribution < 1.29 is 9.53 Å². The van der Waals surface area contributed by atoms with Gasteiger partial charge in [-0.05, 0) is 50.1 Å². The standard InChI is InChI=1S/C20H24N2O2/c1-16(23)17-6-4-8-19(14-17)24-13-12-22-11-3-2-9-20(22)18-7-5-10-21-15-18/h4-8,10,14-15,20H,2-3,9,11-13H2,1H3. The van der Waals surface area contributed by atoms with E-state index in [-0.39, 0.29) is 5.78 Å². The molecule has 4 nitrogen and oxygen atoms in total. The van der Waals surface area contributed by atoms with Crippen molar-refractivity contribution in [3.63, 3.8) is 0 Å². The highest BCUT2D eigenvalue weighted by Crippen LogP contribution is 2.30. The molecule has 1 aliphatic rings. The summed E-state index contributed by atoms with van der Waals surface area (Å²) in [5.74, 6) is 0.825. The van der Waals surface area contributed by atoms with E-state index in [1.54, 1.807) is 6.92 Å². The SMILES string of the molecule is CC(=O)c1cccc(OCCN2CCCCC2c2cccnc2)c1. The van der Waals surface area contributed by atoms with Gasteiger partial charge in [-0.15, -0.1) is 0 Å². The Hall–Kier alpha value is -2.20. The van der Waals surface area contributed by atoms with Crippen molar-refractivity contribution in [2.75, 3.05) is 19.7 Å². The van der Waals surface area contributed by atoms with Crippen LogP contribution < -0.4 is 4.74 Å². The van der Waals surface area contributed by atoms with Crippen LogP contribution in [0.4, 0.5) is 0 Å². The third kappa shape index (κ3) is 4.20. The number of ketones is 1. The number of benzene rings is 1. The molecule has 126 valence electrons. The molecule has 0 saturated carbocycles. The monoisotopic (exact) mass is 324 g/mol. The number of rotatable bonds is 6. The number of carbonyl (C=O) groups excluding carboxylic acids is 1. The van der Waals surface area contributed by atoms with E-state index in [9.17, 15) is 4.79 Å². The van der Waals surface area contributed by atoms with Crippen LogP contribution in [-0.4, -0.2) is 35.4 Å². The molecule has 0 bridgehead atoms. The summed E-state index contributed by atoms with van der Waals surface area (Å²) in [5.41, 5.74) is 1.98. The minimum absolute atomic E-state index is 0.0631. The lowest BCUT2D eigenvalue weighted by Gasteiger charge is -2.35. The topological polar surface area (TPSA) is 42.4 Å². The molecule has 1 aliphatic heterocycles. The van der Waals surface area contributed by atoms with Gasteiger partial charge in [-0.1, -0.05) is 24.6 Å². The van der Waals surface area contributed by atoms with Crippen molar-refractivity contribution in [1.29, 1.82) is 0 Å². The lowest BCUT2D eigenvalue weighted by Crippen LogP contribution is -2.36. The zero-order valence-corrected chi connectivity index (χ0v) is 14.1. The molecule has 1 unspecified atom stereocenters. The number of likely N-dealkylation sites (tertiary alicyclic amines) is 1. The van der Waals surface area contributed by atoms with E-state index in [1.807, 2.05) is 42.7 Å². The van der Waals surface area contributed by atoms with Crippen molar-refractivity contribution in [2.45, 2.75) is 32.2 Å².